The fourth-order valence-electron chi connectivity index (χ4n) is 1.98. The van der Waals surface area contributed by atoms with Crippen LogP contribution in [-0.4, -0.2) is 22.7 Å². The summed E-state index contributed by atoms with van der Waals surface area (Å²) >= 11 is 3.11. The van der Waals surface area contributed by atoms with Gasteiger partial charge in [0.1, 0.15) is 11.6 Å². The maximum atomic E-state index is 13.6. The van der Waals surface area contributed by atoms with Crippen molar-refractivity contribution in [1.29, 1.82) is 0 Å². The highest BCUT2D eigenvalue weighted by molar-refractivity contribution is 9.10. The number of halogens is 2. The normalized spacial score (nSPS) is 23.9. The minimum absolute atomic E-state index is 0.168. The summed E-state index contributed by atoms with van der Waals surface area (Å²) in [5, 5.41) is 21.1. The fourth-order valence-corrected chi connectivity index (χ4v) is 2.34. The zero-order valence-corrected chi connectivity index (χ0v) is 10.4. The van der Waals surface area contributed by atoms with Gasteiger partial charge in [-0.15, -0.1) is 0 Å². The minimum Gasteiger partial charge on any atom is -0.507 e. The van der Waals surface area contributed by atoms with Crippen molar-refractivity contribution in [1.82, 2.24) is 5.32 Å². The molecule has 6 heteroatoms. The van der Waals surface area contributed by atoms with Crippen LogP contribution in [0, 0.1) is 11.7 Å². The molecule has 4 nitrogen and oxygen atoms in total. The first kappa shape index (κ1) is 12.3. The average molecular weight is 304 g/mol. The second kappa shape index (κ2) is 4.62. The molecule has 0 radical (unpaired) electrons. The number of carboxylic acid groups (broad SMARTS) is 1. The number of rotatable bonds is 2. The zero-order valence-electron chi connectivity index (χ0n) is 8.78. The van der Waals surface area contributed by atoms with E-state index in [-0.39, 0.29) is 11.8 Å². The summed E-state index contributed by atoms with van der Waals surface area (Å²) in [5.41, 5.74) is 0.374. The highest BCUT2D eigenvalue weighted by atomic mass is 79.9. The molecular formula is C11H11BrFNO3. The molecule has 17 heavy (non-hydrogen) atoms. The van der Waals surface area contributed by atoms with E-state index in [9.17, 15) is 14.3 Å². The lowest BCUT2D eigenvalue weighted by Crippen LogP contribution is -2.17. The molecule has 0 spiro atoms. The van der Waals surface area contributed by atoms with Gasteiger partial charge in [-0.05, 0) is 28.4 Å². The van der Waals surface area contributed by atoms with Gasteiger partial charge < -0.3 is 15.5 Å². The maximum Gasteiger partial charge on any atom is 0.307 e. The van der Waals surface area contributed by atoms with Crippen LogP contribution in [0.4, 0.5) is 4.39 Å². The molecule has 1 aliphatic heterocycles. The topological polar surface area (TPSA) is 69.6 Å². The van der Waals surface area contributed by atoms with E-state index in [0.717, 1.165) is 6.07 Å². The Bertz CT molecular complexity index is 466. The highest BCUT2D eigenvalue weighted by Gasteiger charge is 2.31. The Morgan fingerprint density at radius 1 is 1.53 bits per heavy atom. The molecule has 0 saturated carbocycles. The number of nitrogens with one attached hydrogen (secondary N) is 1. The molecule has 1 aromatic carbocycles. The molecule has 0 aliphatic carbocycles. The van der Waals surface area contributed by atoms with Crippen LogP contribution in [0.15, 0.2) is 16.6 Å². The molecular weight excluding hydrogens is 293 g/mol. The number of carbonyl (C=O) groups is 1. The van der Waals surface area contributed by atoms with Crippen LogP contribution < -0.4 is 5.32 Å². The summed E-state index contributed by atoms with van der Waals surface area (Å²) in [6, 6.07) is 2.18. The highest BCUT2D eigenvalue weighted by Crippen LogP contribution is 2.34. The van der Waals surface area contributed by atoms with Crippen LogP contribution in [-0.2, 0) is 4.79 Å². The quantitative estimate of drug-likeness (QED) is 0.782. The van der Waals surface area contributed by atoms with Crippen LogP contribution in [0.25, 0.3) is 0 Å². The molecule has 0 amide bonds. The molecule has 2 unspecified atom stereocenters. The van der Waals surface area contributed by atoms with Gasteiger partial charge in [0.05, 0.1) is 10.4 Å². The first-order valence-corrected chi connectivity index (χ1v) is 5.92. The number of hydrogen-bond donors (Lipinski definition) is 3. The summed E-state index contributed by atoms with van der Waals surface area (Å²) < 4.78 is 14.0. The Morgan fingerprint density at radius 3 is 2.82 bits per heavy atom. The smallest absolute Gasteiger partial charge is 0.307 e. The molecule has 2 rings (SSSR count). The van der Waals surface area contributed by atoms with E-state index in [0.29, 0.717) is 23.0 Å². The summed E-state index contributed by atoms with van der Waals surface area (Å²) in [6.45, 7) is 0.331. The molecule has 1 aromatic rings. The van der Waals surface area contributed by atoms with E-state index in [1.54, 1.807) is 0 Å². The Kier molecular flexibility index (Phi) is 3.35. The number of hydrogen-bond acceptors (Lipinski definition) is 3. The Hall–Kier alpha value is -1.14. The predicted octanol–water partition coefficient (Wildman–Crippen LogP) is 2.03. The molecule has 0 aromatic heterocycles. The first-order chi connectivity index (χ1) is 7.99. The molecule has 1 heterocycles. The second-order valence-electron chi connectivity index (χ2n) is 4.06. The molecule has 1 fully saturated rings. The van der Waals surface area contributed by atoms with Gasteiger partial charge in [-0.3, -0.25) is 4.79 Å². The SMILES string of the molecule is O=C(O)C1CNC(c2cc(Br)c(O)cc2F)C1. The largest absolute Gasteiger partial charge is 0.507 e. The van der Waals surface area contributed by atoms with Crippen molar-refractivity contribution in [2.24, 2.45) is 5.92 Å². The Labute approximate surface area is 106 Å². The number of phenolic OH excluding ortho intramolecular Hbond substituents is 1. The number of benzene rings is 1. The monoisotopic (exact) mass is 303 g/mol. The van der Waals surface area contributed by atoms with Gasteiger partial charge >= 0.3 is 5.97 Å². The van der Waals surface area contributed by atoms with Gasteiger partial charge in [-0.25, -0.2) is 4.39 Å². The average Bonchev–Trinajstić information content (AvgIpc) is 2.72. The van der Waals surface area contributed by atoms with Crippen molar-refractivity contribution in [2.45, 2.75) is 12.5 Å². The van der Waals surface area contributed by atoms with Crippen molar-refractivity contribution in [3.63, 3.8) is 0 Å². The second-order valence-corrected chi connectivity index (χ2v) is 4.91. The maximum absolute atomic E-state index is 13.6. The number of phenols is 1. The molecule has 1 saturated heterocycles. The Balaban J connectivity index is 2.24. The number of aliphatic carboxylic acids is 1. The summed E-state index contributed by atoms with van der Waals surface area (Å²) in [6.07, 6.45) is 0.351. The Morgan fingerprint density at radius 2 is 2.24 bits per heavy atom. The van der Waals surface area contributed by atoms with E-state index in [1.807, 2.05) is 0 Å². The van der Waals surface area contributed by atoms with E-state index in [4.69, 9.17) is 5.11 Å². The summed E-state index contributed by atoms with van der Waals surface area (Å²) in [5.74, 6) is -2.07. The van der Waals surface area contributed by atoms with E-state index in [2.05, 4.69) is 21.2 Å². The molecule has 1 aliphatic rings. The van der Waals surface area contributed by atoms with Gasteiger partial charge in [0.15, 0.2) is 0 Å². The third-order valence-electron chi connectivity index (χ3n) is 2.92. The fraction of sp³-hybridized carbons (Fsp3) is 0.364. The van der Waals surface area contributed by atoms with Gasteiger partial charge in [0.25, 0.3) is 0 Å². The lowest BCUT2D eigenvalue weighted by atomic mass is 9.99. The van der Waals surface area contributed by atoms with Crippen LogP contribution in [0.1, 0.15) is 18.0 Å². The van der Waals surface area contributed by atoms with E-state index >= 15 is 0 Å². The number of carboxylic acids is 1. The molecule has 2 atom stereocenters. The van der Waals surface area contributed by atoms with Crippen LogP contribution in [0.3, 0.4) is 0 Å². The lowest BCUT2D eigenvalue weighted by Gasteiger charge is -2.12. The third kappa shape index (κ3) is 2.42. The first-order valence-electron chi connectivity index (χ1n) is 5.13. The minimum atomic E-state index is -0.877. The molecule has 92 valence electrons. The summed E-state index contributed by atoms with van der Waals surface area (Å²) in [7, 11) is 0. The van der Waals surface area contributed by atoms with Crippen molar-refractivity contribution in [2.75, 3.05) is 6.54 Å². The van der Waals surface area contributed by atoms with Crippen LogP contribution in [0.5, 0.6) is 5.75 Å². The van der Waals surface area contributed by atoms with Gasteiger partial charge in [-0.1, -0.05) is 0 Å². The predicted molar refractivity (Wildman–Crippen MR) is 62.3 cm³/mol. The summed E-state index contributed by atoms with van der Waals surface area (Å²) in [4.78, 5) is 10.8. The van der Waals surface area contributed by atoms with Gasteiger partial charge in [0, 0.05) is 24.2 Å². The van der Waals surface area contributed by atoms with Crippen LogP contribution in [0.2, 0.25) is 0 Å². The van der Waals surface area contributed by atoms with Crippen molar-refractivity contribution >= 4 is 21.9 Å². The van der Waals surface area contributed by atoms with Crippen molar-refractivity contribution in [3.8, 4) is 5.75 Å². The van der Waals surface area contributed by atoms with Crippen LogP contribution >= 0.6 is 15.9 Å². The van der Waals surface area contributed by atoms with E-state index in [1.165, 1.54) is 6.07 Å². The van der Waals surface area contributed by atoms with Crippen molar-refractivity contribution in [3.05, 3.63) is 28.0 Å². The molecule has 0 bridgehead atoms. The zero-order chi connectivity index (χ0) is 12.6. The lowest BCUT2D eigenvalue weighted by molar-refractivity contribution is -0.141. The van der Waals surface area contributed by atoms with Gasteiger partial charge in [0.2, 0.25) is 0 Å². The number of aromatic hydroxyl groups is 1. The third-order valence-corrected chi connectivity index (χ3v) is 3.56. The standard InChI is InChI=1S/C11H11BrFNO3/c12-7-2-6(8(13)3-10(7)15)9-1-5(4-14-9)11(16)17/h2-3,5,9,14-15H,1,4H2,(H,16,17). The van der Waals surface area contributed by atoms with Gasteiger partial charge in [-0.2, -0.15) is 0 Å². The van der Waals surface area contributed by atoms with E-state index < -0.39 is 17.7 Å². The molecule has 3 N–H and O–H groups in total. The van der Waals surface area contributed by atoms with Crippen molar-refractivity contribution < 1.29 is 19.4 Å².